The Morgan fingerprint density at radius 3 is 2.84 bits per heavy atom. The summed E-state index contributed by atoms with van der Waals surface area (Å²) < 4.78 is 0. The molecule has 98 valence electrons. The van der Waals surface area contributed by atoms with E-state index in [9.17, 15) is 4.79 Å². The van der Waals surface area contributed by atoms with Gasteiger partial charge >= 0.3 is 5.97 Å². The summed E-state index contributed by atoms with van der Waals surface area (Å²) in [6.07, 6.45) is 1.38. The number of aromatic carboxylic acids is 1. The van der Waals surface area contributed by atoms with Crippen LogP contribution in [0.2, 0.25) is 5.02 Å². The fraction of sp³-hybridized carbons (Fsp3) is 0.143. The van der Waals surface area contributed by atoms with E-state index in [1.54, 1.807) is 0 Å². The van der Waals surface area contributed by atoms with E-state index < -0.39 is 5.97 Å². The number of aryl methyl sites for hydroxylation is 1. The average Bonchev–Trinajstić information content (AvgIpc) is 2.39. The van der Waals surface area contributed by atoms with Gasteiger partial charge in [-0.2, -0.15) is 0 Å². The first-order chi connectivity index (χ1) is 9.08. The topological polar surface area (TPSA) is 50.2 Å². The quantitative estimate of drug-likeness (QED) is 0.865. The molecule has 2 aromatic rings. The third-order valence-corrected chi connectivity index (χ3v) is 3.97. The van der Waals surface area contributed by atoms with E-state index in [2.05, 4.69) is 11.1 Å². The van der Waals surface area contributed by atoms with Gasteiger partial charge in [0.2, 0.25) is 0 Å². The third kappa shape index (κ3) is 3.49. The maximum Gasteiger partial charge on any atom is 0.337 e. The number of hydrogen-bond acceptors (Lipinski definition) is 3. The highest BCUT2D eigenvalue weighted by atomic mass is 35.5. The molecule has 0 saturated carbocycles. The molecule has 0 atom stereocenters. The summed E-state index contributed by atoms with van der Waals surface area (Å²) in [4.78, 5) is 15.1. The van der Waals surface area contributed by atoms with E-state index in [0.29, 0.717) is 5.03 Å². The highest BCUT2D eigenvalue weighted by Crippen LogP contribution is 2.25. The van der Waals surface area contributed by atoms with Gasteiger partial charge in [-0.3, -0.25) is 0 Å². The smallest absolute Gasteiger partial charge is 0.337 e. The lowest BCUT2D eigenvalue weighted by Gasteiger charge is -2.06. The number of thioether (sulfide) groups is 1. The highest BCUT2D eigenvalue weighted by Gasteiger charge is 2.11. The van der Waals surface area contributed by atoms with Crippen molar-refractivity contribution in [1.29, 1.82) is 0 Å². The molecule has 0 aliphatic heterocycles. The first kappa shape index (κ1) is 13.9. The molecule has 1 N–H and O–H groups in total. The predicted octanol–water partition coefficient (Wildman–Crippen LogP) is 4.03. The number of carboxylic acids is 1. The van der Waals surface area contributed by atoms with Crippen LogP contribution in [0, 0.1) is 6.92 Å². The second-order valence-corrected chi connectivity index (χ2v) is 5.43. The molecule has 0 spiro atoms. The first-order valence-corrected chi connectivity index (χ1v) is 7.00. The zero-order valence-corrected chi connectivity index (χ0v) is 11.8. The van der Waals surface area contributed by atoms with Crippen LogP contribution in [0.25, 0.3) is 0 Å². The van der Waals surface area contributed by atoms with Crippen molar-refractivity contribution < 1.29 is 9.90 Å². The van der Waals surface area contributed by atoms with E-state index in [-0.39, 0.29) is 10.6 Å². The Kier molecular flexibility index (Phi) is 4.45. The van der Waals surface area contributed by atoms with Gasteiger partial charge < -0.3 is 5.11 Å². The lowest BCUT2D eigenvalue weighted by molar-refractivity contribution is 0.0696. The van der Waals surface area contributed by atoms with E-state index >= 15 is 0 Å². The van der Waals surface area contributed by atoms with Crippen LogP contribution < -0.4 is 0 Å². The lowest BCUT2D eigenvalue weighted by Crippen LogP contribution is -1.99. The van der Waals surface area contributed by atoms with Crippen LogP contribution in [0.3, 0.4) is 0 Å². The molecule has 19 heavy (non-hydrogen) atoms. The maximum atomic E-state index is 11.0. The van der Waals surface area contributed by atoms with Crippen LogP contribution in [-0.2, 0) is 5.75 Å². The molecule has 0 unspecified atom stereocenters. The van der Waals surface area contributed by atoms with Gasteiger partial charge in [0.1, 0.15) is 0 Å². The molecule has 0 aliphatic rings. The van der Waals surface area contributed by atoms with Crippen LogP contribution >= 0.6 is 23.4 Å². The molecule has 0 amide bonds. The van der Waals surface area contributed by atoms with Gasteiger partial charge in [0, 0.05) is 11.9 Å². The van der Waals surface area contributed by atoms with E-state index in [1.165, 1.54) is 35.2 Å². The number of pyridine rings is 1. The molecule has 1 heterocycles. The zero-order chi connectivity index (χ0) is 13.8. The number of hydrogen-bond donors (Lipinski definition) is 1. The summed E-state index contributed by atoms with van der Waals surface area (Å²) in [5.74, 6) is -0.287. The summed E-state index contributed by atoms with van der Waals surface area (Å²) in [6, 6.07) is 9.59. The SMILES string of the molecule is Cc1ccccc1CSc1cc(C(=O)O)c(Cl)cn1. The van der Waals surface area contributed by atoms with Crippen LogP contribution in [-0.4, -0.2) is 16.1 Å². The van der Waals surface area contributed by atoms with Crippen molar-refractivity contribution in [3.05, 3.63) is 58.2 Å². The minimum absolute atomic E-state index is 0.0870. The van der Waals surface area contributed by atoms with Crippen molar-refractivity contribution in [3.8, 4) is 0 Å². The van der Waals surface area contributed by atoms with E-state index in [0.717, 1.165) is 5.75 Å². The number of nitrogens with zero attached hydrogens (tertiary/aromatic N) is 1. The number of aromatic nitrogens is 1. The predicted molar refractivity (Wildman–Crippen MR) is 76.9 cm³/mol. The molecule has 0 bridgehead atoms. The molecule has 5 heteroatoms. The minimum Gasteiger partial charge on any atom is -0.478 e. The minimum atomic E-state index is -1.04. The normalized spacial score (nSPS) is 10.4. The third-order valence-electron chi connectivity index (χ3n) is 2.70. The Morgan fingerprint density at radius 2 is 2.16 bits per heavy atom. The Bertz CT molecular complexity index is 616. The van der Waals surface area contributed by atoms with Gasteiger partial charge in [-0.15, -0.1) is 11.8 Å². The Morgan fingerprint density at radius 1 is 1.42 bits per heavy atom. The lowest BCUT2D eigenvalue weighted by atomic mass is 10.1. The summed E-state index contributed by atoms with van der Waals surface area (Å²) in [6.45, 7) is 2.05. The Balaban J connectivity index is 2.14. The summed E-state index contributed by atoms with van der Waals surface area (Å²) >= 11 is 7.28. The molecule has 0 radical (unpaired) electrons. The largest absolute Gasteiger partial charge is 0.478 e. The fourth-order valence-corrected chi connectivity index (χ4v) is 2.73. The number of rotatable bonds is 4. The van der Waals surface area contributed by atoms with Crippen LogP contribution in [0.1, 0.15) is 21.5 Å². The van der Waals surface area contributed by atoms with Crippen molar-refractivity contribution in [1.82, 2.24) is 4.98 Å². The monoisotopic (exact) mass is 293 g/mol. The van der Waals surface area contributed by atoms with Crippen LogP contribution in [0.15, 0.2) is 41.6 Å². The first-order valence-electron chi connectivity index (χ1n) is 5.64. The number of carbonyl (C=O) groups is 1. The molecule has 3 nitrogen and oxygen atoms in total. The van der Waals surface area contributed by atoms with Crippen molar-refractivity contribution in [2.45, 2.75) is 17.7 Å². The van der Waals surface area contributed by atoms with Crippen molar-refractivity contribution in [2.24, 2.45) is 0 Å². The highest BCUT2D eigenvalue weighted by molar-refractivity contribution is 7.98. The zero-order valence-electron chi connectivity index (χ0n) is 10.3. The van der Waals surface area contributed by atoms with E-state index in [1.807, 2.05) is 25.1 Å². The van der Waals surface area contributed by atoms with Crippen molar-refractivity contribution in [2.75, 3.05) is 0 Å². The van der Waals surface area contributed by atoms with Gasteiger partial charge in [-0.1, -0.05) is 35.9 Å². The molecule has 0 saturated heterocycles. The molecule has 1 aromatic carbocycles. The molecule has 0 aliphatic carbocycles. The van der Waals surface area contributed by atoms with Crippen molar-refractivity contribution in [3.63, 3.8) is 0 Å². The second-order valence-electron chi connectivity index (χ2n) is 4.02. The number of halogens is 1. The summed E-state index contributed by atoms with van der Waals surface area (Å²) in [7, 11) is 0. The second kappa shape index (κ2) is 6.08. The van der Waals surface area contributed by atoms with E-state index in [4.69, 9.17) is 16.7 Å². The molecule has 0 fully saturated rings. The van der Waals surface area contributed by atoms with Crippen LogP contribution in [0.5, 0.6) is 0 Å². The Labute approximate surface area is 120 Å². The van der Waals surface area contributed by atoms with Gasteiger partial charge in [-0.25, -0.2) is 9.78 Å². The van der Waals surface area contributed by atoms with Gasteiger partial charge in [0.05, 0.1) is 15.6 Å². The molecule has 2 rings (SSSR count). The maximum absolute atomic E-state index is 11.0. The number of carboxylic acid groups (broad SMARTS) is 1. The standard InChI is InChI=1S/C14H12ClNO2S/c1-9-4-2-3-5-10(9)8-19-13-6-11(14(17)18)12(15)7-16-13/h2-7H,8H2,1H3,(H,17,18). The molecular formula is C14H12ClNO2S. The Hall–Kier alpha value is -1.52. The average molecular weight is 294 g/mol. The van der Waals surface area contributed by atoms with Gasteiger partial charge in [0.25, 0.3) is 0 Å². The summed E-state index contributed by atoms with van der Waals surface area (Å²) in [5.41, 5.74) is 2.51. The summed E-state index contributed by atoms with van der Waals surface area (Å²) in [5, 5.41) is 9.82. The molecule has 1 aromatic heterocycles. The van der Waals surface area contributed by atoms with Crippen molar-refractivity contribution >= 4 is 29.3 Å². The fourth-order valence-electron chi connectivity index (χ4n) is 1.59. The van der Waals surface area contributed by atoms with Gasteiger partial charge in [0.15, 0.2) is 0 Å². The van der Waals surface area contributed by atoms with Gasteiger partial charge in [-0.05, 0) is 24.1 Å². The molecular weight excluding hydrogens is 282 g/mol. The number of benzene rings is 1. The van der Waals surface area contributed by atoms with Crippen LogP contribution in [0.4, 0.5) is 0 Å².